The highest BCUT2D eigenvalue weighted by molar-refractivity contribution is 6.03. The molecule has 0 spiro atoms. The molecule has 8 nitrogen and oxygen atoms in total. The van der Waals surface area contributed by atoms with Crippen LogP contribution in [0.25, 0.3) is 4.85 Å². The molecule has 5 rings (SSSR count). The van der Waals surface area contributed by atoms with E-state index in [9.17, 15) is 19.2 Å². The van der Waals surface area contributed by atoms with Gasteiger partial charge in [-0.05, 0) is 79.1 Å². The van der Waals surface area contributed by atoms with Crippen molar-refractivity contribution in [1.29, 1.82) is 0 Å². The first-order valence-corrected chi connectivity index (χ1v) is 15.3. The van der Waals surface area contributed by atoms with E-state index in [2.05, 4.69) is 44.8 Å². The molecule has 0 aliphatic heterocycles. The number of carbonyl (C=O) groups is 4. The lowest BCUT2D eigenvalue weighted by atomic mass is 9.35. The van der Waals surface area contributed by atoms with Gasteiger partial charge in [-0.25, -0.2) is 9.64 Å². The summed E-state index contributed by atoms with van der Waals surface area (Å²) in [7, 11) is 1.39. The second-order valence-electron chi connectivity index (χ2n) is 15.5. The minimum absolute atomic E-state index is 0.0363. The fourth-order valence-corrected chi connectivity index (χ4v) is 10.3. The number of methoxy groups -OCH3 is 1. The molecule has 0 radical (unpaired) electrons. The second-order valence-corrected chi connectivity index (χ2v) is 15.5. The van der Waals surface area contributed by atoms with E-state index in [1.54, 1.807) is 6.08 Å². The number of esters is 1. The summed E-state index contributed by atoms with van der Waals surface area (Å²) >= 11 is 0. The summed E-state index contributed by atoms with van der Waals surface area (Å²) in [5.41, 5.74) is -1.99. The van der Waals surface area contributed by atoms with Crippen LogP contribution < -0.4 is 5.32 Å². The van der Waals surface area contributed by atoms with Crippen molar-refractivity contribution in [2.75, 3.05) is 13.7 Å². The number of hydrogen-bond donors (Lipinski definition) is 1. The second kappa shape index (κ2) is 9.53. The van der Waals surface area contributed by atoms with E-state index < -0.39 is 28.4 Å². The lowest BCUT2D eigenvalue weighted by molar-refractivity contribution is -0.164. The molecular formula is C34H46N2O6. The fraction of sp³-hybridized carbons (Fsp3) is 0.735. The molecule has 0 aromatic heterocycles. The molecule has 0 aromatic rings. The van der Waals surface area contributed by atoms with Crippen LogP contribution in [0.4, 0.5) is 4.79 Å². The van der Waals surface area contributed by atoms with Crippen molar-refractivity contribution < 1.29 is 28.7 Å². The zero-order chi connectivity index (χ0) is 31.1. The molecule has 8 atom stereocenters. The molecule has 0 heterocycles. The van der Waals surface area contributed by atoms with Crippen LogP contribution in [0.3, 0.4) is 0 Å². The topological polar surface area (TPSA) is 103 Å². The number of allylic oxidation sites excluding steroid dienone is 4. The highest BCUT2D eigenvalue weighted by atomic mass is 16.5. The van der Waals surface area contributed by atoms with Crippen molar-refractivity contribution in [2.24, 2.45) is 44.8 Å². The van der Waals surface area contributed by atoms with E-state index in [-0.39, 0.29) is 57.9 Å². The van der Waals surface area contributed by atoms with Crippen LogP contribution in [0.5, 0.6) is 0 Å². The maximum Gasteiger partial charge on any atom is 0.407 e. The van der Waals surface area contributed by atoms with E-state index in [0.717, 1.165) is 44.1 Å². The molecule has 3 fully saturated rings. The van der Waals surface area contributed by atoms with Gasteiger partial charge in [-0.1, -0.05) is 53.2 Å². The zero-order valence-electron chi connectivity index (χ0n) is 26.4. The fourth-order valence-electron chi connectivity index (χ4n) is 10.3. The highest BCUT2D eigenvalue weighted by Gasteiger charge is 2.70. The van der Waals surface area contributed by atoms with Crippen molar-refractivity contribution in [2.45, 2.75) is 99.0 Å². The van der Waals surface area contributed by atoms with E-state index in [4.69, 9.17) is 16.0 Å². The molecule has 0 aromatic carbocycles. The van der Waals surface area contributed by atoms with Crippen LogP contribution in [-0.2, 0) is 23.9 Å². The molecule has 8 heteroatoms. The third kappa shape index (κ3) is 4.05. The Hall–Kier alpha value is -2.95. The number of amides is 1. The minimum Gasteiger partial charge on any atom is -0.465 e. The SMILES string of the molecule is [C-]#[N+]C1=C[C@]2(C)C3=CC(=O)[C@@H]4[C@@H]5CC(C)(C)CC[C@]5(NC(=O)OC)CC[C@@]4(C)[C@]3(C)CC[C@H]2[C@](C)(COC(C)=O)C1=O. The van der Waals surface area contributed by atoms with Gasteiger partial charge in [0.05, 0.1) is 19.1 Å². The molecule has 1 amide bonds. The summed E-state index contributed by atoms with van der Waals surface area (Å²) in [6, 6.07) is 0. The Morgan fingerprint density at radius 3 is 2.33 bits per heavy atom. The summed E-state index contributed by atoms with van der Waals surface area (Å²) in [6.45, 7) is 22.0. The van der Waals surface area contributed by atoms with Crippen molar-refractivity contribution in [3.8, 4) is 0 Å². The molecule has 0 bridgehead atoms. The number of nitrogens with zero attached hydrogens (tertiary/aromatic N) is 1. The van der Waals surface area contributed by atoms with Crippen molar-refractivity contribution in [3.05, 3.63) is 34.8 Å². The molecule has 228 valence electrons. The van der Waals surface area contributed by atoms with E-state index in [1.165, 1.54) is 14.0 Å². The number of ether oxygens (including phenoxy) is 2. The molecule has 1 N–H and O–H groups in total. The minimum atomic E-state index is -1.07. The average Bonchev–Trinajstić information content (AvgIpc) is 2.91. The molecule has 0 saturated heterocycles. The maximum atomic E-state index is 14.6. The number of ketones is 2. The third-order valence-corrected chi connectivity index (χ3v) is 12.8. The summed E-state index contributed by atoms with van der Waals surface area (Å²) in [5.74, 6) is -1.23. The van der Waals surface area contributed by atoms with E-state index >= 15 is 0 Å². The van der Waals surface area contributed by atoms with Gasteiger partial charge in [0.1, 0.15) is 6.61 Å². The Balaban J connectivity index is 1.66. The monoisotopic (exact) mass is 578 g/mol. The molecule has 5 aliphatic carbocycles. The van der Waals surface area contributed by atoms with Crippen LogP contribution in [0.2, 0.25) is 0 Å². The van der Waals surface area contributed by atoms with E-state index in [0.29, 0.717) is 6.42 Å². The predicted molar refractivity (Wildman–Crippen MR) is 157 cm³/mol. The van der Waals surface area contributed by atoms with E-state index in [1.807, 2.05) is 13.0 Å². The number of hydrogen-bond acceptors (Lipinski definition) is 6. The quantitative estimate of drug-likeness (QED) is 0.315. The van der Waals surface area contributed by atoms with Gasteiger partial charge in [0.25, 0.3) is 0 Å². The summed E-state index contributed by atoms with van der Waals surface area (Å²) in [4.78, 5) is 56.3. The molecule has 0 unspecified atom stereocenters. The summed E-state index contributed by atoms with van der Waals surface area (Å²) in [5, 5.41) is 3.23. The van der Waals surface area contributed by atoms with Gasteiger partial charge in [-0.15, -0.1) is 0 Å². The number of carbonyl (C=O) groups excluding carboxylic acids is 4. The Labute approximate surface area is 249 Å². The van der Waals surface area contributed by atoms with Gasteiger partial charge in [0.15, 0.2) is 11.6 Å². The number of fused-ring (bicyclic) bond motifs is 7. The first-order chi connectivity index (χ1) is 19.4. The lowest BCUT2D eigenvalue weighted by Crippen LogP contribution is -2.69. The molecular weight excluding hydrogens is 532 g/mol. The van der Waals surface area contributed by atoms with Gasteiger partial charge in [-0.2, -0.15) is 0 Å². The van der Waals surface area contributed by atoms with Gasteiger partial charge in [0, 0.05) is 23.8 Å². The van der Waals surface area contributed by atoms with Crippen LogP contribution in [0.1, 0.15) is 93.4 Å². The third-order valence-electron chi connectivity index (χ3n) is 12.8. The normalized spacial score (nSPS) is 43.6. The number of alkyl carbamates (subject to hydrolysis) is 1. The Morgan fingerprint density at radius 1 is 1.05 bits per heavy atom. The summed E-state index contributed by atoms with van der Waals surface area (Å²) < 4.78 is 10.5. The maximum absolute atomic E-state index is 14.6. The summed E-state index contributed by atoms with van der Waals surface area (Å²) in [6.07, 6.45) is 8.80. The largest absolute Gasteiger partial charge is 0.465 e. The van der Waals surface area contributed by atoms with Crippen LogP contribution >= 0.6 is 0 Å². The number of rotatable bonds is 3. The standard InChI is InChI=1S/C34H46N2O6/c1-20(37)42-19-31(5)24-10-11-32(6)25(30(24,4)18-22(35-8)27(31)39)16-23(38)26-21-17-29(2,3)12-14-34(21,36-28(40)41-9)15-13-33(26,32)7/h16,18,21,24,26H,10-15,17,19H2,1-7,9H3,(H,36,40)/t21-,24+,26-,30-,31-,32+,33+,34-/m0/s1. The van der Waals surface area contributed by atoms with Crippen molar-refractivity contribution in [1.82, 2.24) is 5.32 Å². The van der Waals surface area contributed by atoms with Gasteiger partial charge in [-0.3, -0.25) is 9.59 Å². The van der Waals surface area contributed by atoms with Crippen LogP contribution in [0.15, 0.2) is 23.4 Å². The lowest BCUT2D eigenvalue weighted by Gasteiger charge is -2.69. The first-order valence-electron chi connectivity index (χ1n) is 15.3. The number of nitrogens with one attached hydrogen (secondary N) is 1. The Kier molecular flexibility index (Phi) is 6.92. The van der Waals surface area contributed by atoms with Crippen LogP contribution in [-0.4, -0.2) is 42.9 Å². The van der Waals surface area contributed by atoms with Gasteiger partial charge < -0.3 is 19.6 Å². The first kappa shape index (κ1) is 30.5. The van der Waals surface area contributed by atoms with Gasteiger partial charge in [0.2, 0.25) is 5.70 Å². The number of Topliss-reactive ketones (excluding diaryl/α,β-unsaturated/α-hetero) is 1. The average molecular weight is 579 g/mol. The molecule has 3 saturated carbocycles. The van der Waals surface area contributed by atoms with Gasteiger partial charge >= 0.3 is 12.1 Å². The Morgan fingerprint density at radius 2 is 1.71 bits per heavy atom. The highest BCUT2D eigenvalue weighted by Crippen LogP contribution is 2.73. The molecule has 42 heavy (non-hydrogen) atoms. The van der Waals surface area contributed by atoms with Crippen molar-refractivity contribution >= 4 is 23.6 Å². The predicted octanol–water partition coefficient (Wildman–Crippen LogP) is 6.21. The van der Waals surface area contributed by atoms with Crippen LogP contribution in [0, 0.1) is 51.4 Å². The Bertz CT molecular complexity index is 1360. The zero-order valence-corrected chi connectivity index (χ0v) is 26.4. The van der Waals surface area contributed by atoms with Crippen molar-refractivity contribution in [3.63, 3.8) is 0 Å². The smallest absolute Gasteiger partial charge is 0.407 e. The molecule has 5 aliphatic rings.